The summed E-state index contributed by atoms with van der Waals surface area (Å²) >= 11 is 0. The Balaban J connectivity index is 1.76. The van der Waals surface area contributed by atoms with Gasteiger partial charge < -0.3 is 10.6 Å². The Hall–Kier alpha value is -0.0800. The van der Waals surface area contributed by atoms with Crippen LogP contribution < -0.4 is 10.6 Å². The van der Waals surface area contributed by atoms with Gasteiger partial charge in [0.1, 0.15) is 0 Å². The first-order chi connectivity index (χ1) is 4.93. The molecule has 1 rings (SSSR count). The second kappa shape index (κ2) is 4.69. The lowest BCUT2D eigenvalue weighted by Gasteiger charge is -2.27. The highest BCUT2D eigenvalue weighted by Crippen LogP contribution is 1.99. The minimum absolute atomic E-state index is 0.914. The van der Waals surface area contributed by atoms with E-state index in [9.17, 15) is 0 Å². The van der Waals surface area contributed by atoms with E-state index in [1.807, 2.05) is 0 Å². The number of rotatable bonds is 5. The lowest BCUT2D eigenvalue weighted by atomic mass is 10.0. The third-order valence-corrected chi connectivity index (χ3v) is 2.01. The molecule has 10 heavy (non-hydrogen) atoms. The number of unbranched alkanes of at least 4 members (excludes halogenated alkanes) is 1. The van der Waals surface area contributed by atoms with Crippen LogP contribution >= 0.6 is 0 Å². The molecule has 1 aliphatic heterocycles. The molecule has 0 aromatic carbocycles. The van der Waals surface area contributed by atoms with Gasteiger partial charge in [0.2, 0.25) is 0 Å². The first-order valence-electron chi connectivity index (χ1n) is 4.35. The molecule has 1 fully saturated rings. The van der Waals surface area contributed by atoms with Crippen LogP contribution in [0.25, 0.3) is 0 Å². The van der Waals surface area contributed by atoms with Crippen molar-refractivity contribution in [1.82, 2.24) is 10.6 Å². The Bertz CT molecular complexity index is 79.3. The van der Waals surface area contributed by atoms with E-state index >= 15 is 0 Å². The predicted molar refractivity (Wildman–Crippen MR) is 44.1 cm³/mol. The Morgan fingerprint density at radius 2 is 2.30 bits per heavy atom. The van der Waals surface area contributed by atoms with Crippen LogP contribution in [0.1, 0.15) is 19.8 Å². The zero-order valence-electron chi connectivity index (χ0n) is 6.82. The molecule has 0 atom stereocenters. The second-order valence-electron chi connectivity index (χ2n) is 3.08. The Kier molecular flexibility index (Phi) is 3.76. The van der Waals surface area contributed by atoms with Crippen molar-refractivity contribution in [3.05, 3.63) is 0 Å². The lowest BCUT2D eigenvalue weighted by Crippen LogP contribution is -2.47. The molecule has 0 unspecified atom stereocenters. The fraction of sp³-hybridized carbons (Fsp3) is 1.00. The molecule has 0 amide bonds. The van der Waals surface area contributed by atoms with Crippen LogP contribution in [0, 0.1) is 5.92 Å². The van der Waals surface area contributed by atoms with E-state index in [4.69, 9.17) is 0 Å². The fourth-order valence-electron chi connectivity index (χ4n) is 1.10. The standard InChI is InChI=1S/C8H18N2/c1-2-3-4-9-5-8-6-10-7-8/h8-10H,2-7H2,1H3. The molecule has 2 nitrogen and oxygen atoms in total. The first-order valence-corrected chi connectivity index (χ1v) is 4.35. The Morgan fingerprint density at radius 3 is 2.80 bits per heavy atom. The molecule has 2 heteroatoms. The van der Waals surface area contributed by atoms with Gasteiger partial charge in [-0.1, -0.05) is 13.3 Å². The topological polar surface area (TPSA) is 24.1 Å². The lowest BCUT2D eigenvalue weighted by molar-refractivity contribution is 0.331. The molecule has 1 heterocycles. The maximum absolute atomic E-state index is 3.45. The van der Waals surface area contributed by atoms with Crippen molar-refractivity contribution >= 4 is 0 Å². The summed E-state index contributed by atoms with van der Waals surface area (Å²) in [6, 6.07) is 0. The smallest absolute Gasteiger partial charge is 0.000394 e. The van der Waals surface area contributed by atoms with Crippen molar-refractivity contribution in [2.75, 3.05) is 26.2 Å². The Morgan fingerprint density at radius 1 is 1.50 bits per heavy atom. The normalized spacial score (nSPS) is 18.9. The summed E-state index contributed by atoms with van der Waals surface area (Å²) in [5.74, 6) is 0.914. The van der Waals surface area contributed by atoms with Crippen LogP contribution in [0.5, 0.6) is 0 Å². The van der Waals surface area contributed by atoms with Gasteiger partial charge in [0, 0.05) is 19.6 Å². The van der Waals surface area contributed by atoms with Crippen molar-refractivity contribution in [3.63, 3.8) is 0 Å². The molecule has 0 saturated carbocycles. The summed E-state index contributed by atoms with van der Waals surface area (Å²) in [5, 5.41) is 6.71. The van der Waals surface area contributed by atoms with Gasteiger partial charge in [0.25, 0.3) is 0 Å². The van der Waals surface area contributed by atoms with Crippen molar-refractivity contribution in [3.8, 4) is 0 Å². The van der Waals surface area contributed by atoms with Crippen LogP contribution in [0.2, 0.25) is 0 Å². The second-order valence-corrected chi connectivity index (χ2v) is 3.08. The van der Waals surface area contributed by atoms with Crippen LogP contribution in [-0.2, 0) is 0 Å². The summed E-state index contributed by atoms with van der Waals surface area (Å²) in [5.41, 5.74) is 0. The SMILES string of the molecule is CCCCNCC1CNC1. The molecule has 1 aliphatic rings. The maximum atomic E-state index is 3.45. The minimum atomic E-state index is 0.914. The van der Waals surface area contributed by atoms with Gasteiger partial charge in [0.15, 0.2) is 0 Å². The Labute approximate surface area is 63.4 Å². The number of nitrogens with one attached hydrogen (secondary N) is 2. The van der Waals surface area contributed by atoms with E-state index in [0.717, 1.165) is 5.92 Å². The summed E-state index contributed by atoms with van der Waals surface area (Å²) in [7, 11) is 0. The van der Waals surface area contributed by atoms with Crippen LogP contribution in [0.4, 0.5) is 0 Å². The number of hydrogen-bond acceptors (Lipinski definition) is 2. The molecule has 0 aromatic rings. The maximum Gasteiger partial charge on any atom is 0.000394 e. The summed E-state index contributed by atoms with van der Waals surface area (Å²) in [6.45, 7) is 7.09. The summed E-state index contributed by atoms with van der Waals surface area (Å²) in [4.78, 5) is 0. The van der Waals surface area contributed by atoms with Crippen molar-refractivity contribution in [2.24, 2.45) is 5.92 Å². The van der Waals surface area contributed by atoms with E-state index in [2.05, 4.69) is 17.6 Å². The molecular weight excluding hydrogens is 124 g/mol. The summed E-state index contributed by atoms with van der Waals surface area (Å²) < 4.78 is 0. The van der Waals surface area contributed by atoms with Gasteiger partial charge in [-0.15, -0.1) is 0 Å². The molecule has 0 bridgehead atoms. The van der Waals surface area contributed by atoms with Crippen LogP contribution in [-0.4, -0.2) is 26.2 Å². The molecule has 0 spiro atoms. The van der Waals surface area contributed by atoms with Gasteiger partial charge in [0.05, 0.1) is 0 Å². The number of hydrogen-bond donors (Lipinski definition) is 2. The average Bonchev–Trinajstić information content (AvgIpc) is 1.84. The van der Waals surface area contributed by atoms with Crippen LogP contribution in [0.15, 0.2) is 0 Å². The van der Waals surface area contributed by atoms with Gasteiger partial charge in [-0.2, -0.15) is 0 Å². The third-order valence-electron chi connectivity index (χ3n) is 2.01. The highest BCUT2D eigenvalue weighted by atomic mass is 15.0. The van der Waals surface area contributed by atoms with Crippen molar-refractivity contribution in [1.29, 1.82) is 0 Å². The van der Waals surface area contributed by atoms with Crippen LogP contribution in [0.3, 0.4) is 0 Å². The zero-order valence-corrected chi connectivity index (χ0v) is 6.82. The van der Waals surface area contributed by atoms with Crippen molar-refractivity contribution < 1.29 is 0 Å². The largest absolute Gasteiger partial charge is 0.316 e. The van der Waals surface area contributed by atoms with Gasteiger partial charge in [-0.3, -0.25) is 0 Å². The first kappa shape index (κ1) is 8.02. The highest BCUT2D eigenvalue weighted by molar-refractivity contribution is 4.76. The van der Waals surface area contributed by atoms with E-state index < -0.39 is 0 Å². The third kappa shape index (κ3) is 2.67. The molecule has 60 valence electrons. The van der Waals surface area contributed by atoms with Crippen molar-refractivity contribution in [2.45, 2.75) is 19.8 Å². The molecule has 1 saturated heterocycles. The molecule has 0 aromatic heterocycles. The highest BCUT2D eigenvalue weighted by Gasteiger charge is 2.14. The zero-order chi connectivity index (χ0) is 7.23. The average molecular weight is 142 g/mol. The van der Waals surface area contributed by atoms with E-state index in [1.54, 1.807) is 0 Å². The van der Waals surface area contributed by atoms with E-state index in [0.29, 0.717) is 0 Å². The predicted octanol–water partition coefficient (Wildman–Crippen LogP) is 0.596. The van der Waals surface area contributed by atoms with E-state index in [-0.39, 0.29) is 0 Å². The molecule has 0 aliphatic carbocycles. The summed E-state index contributed by atoms with van der Waals surface area (Å²) in [6.07, 6.45) is 2.62. The minimum Gasteiger partial charge on any atom is -0.316 e. The van der Waals surface area contributed by atoms with Gasteiger partial charge in [-0.25, -0.2) is 0 Å². The quantitative estimate of drug-likeness (QED) is 0.549. The monoisotopic (exact) mass is 142 g/mol. The van der Waals surface area contributed by atoms with Gasteiger partial charge >= 0.3 is 0 Å². The van der Waals surface area contributed by atoms with E-state index in [1.165, 1.54) is 39.0 Å². The van der Waals surface area contributed by atoms with Gasteiger partial charge in [-0.05, 0) is 18.9 Å². The fourth-order valence-corrected chi connectivity index (χ4v) is 1.10. The molecule has 0 radical (unpaired) electrons. The molecule has 2 N–H and O–H groups in total. The molecular formula is C8H18N2.